The molecule has 2 N–H and O–H groups in total. The number of carbonyl (C=O) groups is 2. The molecule has 0 radical (unpaired) electrons. The van der Waals surface area contributed by atoms with E-state index in [-0.39, 0.29) is 18.8 Å². The highest BCUT2D eigenvalue weighted by Crippen LogP contribution is 2.53. The molecule has 0 bridgehead atoms. The highest BCUT2D eigenvalue weighted by Gasteiger charge is 2.56. The van der Waals surface area contributed by atoms with Crippen molar-refractivity contribution in [1.82, 2.24) is 0 Å². The smallest absolute Gasteiger partial charge is 0.308 e. The summed E-state index contributed by atoms with van der Waals surface area (Å²) in [6.45, 7) is 0. The summed E-state index contributed by atoms with van der Waals surface area (Å²) in [5, 5.41) is 19.3. The maximum atomic E-state index is 11.3. The number of aliphatic carboxylic acids is 1. The van der Waals surface area contributed by atoms with E-state index >= 15 is 0 Å². The summed E-state index contributed by atoms with van der Waals surface area (Å²) in [6, 6.07) is 0. The summed E-state index contributed by atoms with van der Waals surface area (Å²) < 4.78 is 5.14. The van der Waals surface area contributed by atoms with Crippen LogP contribution in [0.4, 0.5) is 0 Å². The third kappa shape index (κ3) is 2.16. The van der Waals surface area contributed by atoms with Gasteiger partial charge in [0, 0.05) is 24.7 Å². The zero-order chi connectivity index (χ0) is 12.5. The maximum Gasteiger partial charge on any atom is 0.308 e. The molecule has 1 heterocycles. The molecule has 1 saturated carbocycles. The van der Waals surface area contributed by atoms with Crippen LogP contribution in [-0.2, 0) is 14.3 Å². The van der Waals surface area contributed by atoms with Gasteiger partial charge in [-0.2, -0.15) is 0 Å². The summed E-state index contributed by atoms with van der Waals surface area (Å²) in [7, 11) is 0. The van der Waals surface area contributed by atoms with Crippen molar-refractivity contribution in [3.8, 4) is 0 Å². The van der Waals surface area contributed by atoms with Gasteiger partial charge in [-0.1, -0.05) is 6.42 Å². The van der Waals surface area contributed by atoms with Gasteiger partial charge >= 0.3 is 11.9 Å². The van der Waals surface area contributed by atoms with Crippen LogP contribution in [0.15, 0.2) is 0 Å². The van der Waals surface area contributed by atoms with Crippen LogP contribution in [-0.4, -0.2) is 27.9 Å². The fourth-order valence-electron chi connectivity index (χ4n) is 3.14. The lowest BCUT2D eigenvalue weighted by molar-refractivity contribution is -0.294. The number of carboxylic acid groups (broad SMARTS) is 1. The number of esters is 1. The zero-order valence-electron chi connectivity index (χ0n) is 9.78. The highest BCUT2D eigenvalue weighted by atomic mass is 16.7. The van der Waals surface area contributed by atoms with Crippen LogP contribution >= 0.6 is 0 Å². The van der Waals surface area contributed by atoms with Crippen LogP contribution in [0.5, 0.6) is 0 Å². The molecule has 1 aliphatic carbocycles. The minimum atomic E-state index is -1.43. The molecule has 2 atom stereocenters. The quantitative estimate of drug-likeness (QED) is 0.731. The number of rotatable bonds is 3. The molecule has 2 fully saturated rings. The van der Waals surface area contributed by atoms with Gasteiger partial charge in [-0.05, 0) is 25.7 Å². The Kier molecular flexibility index (Phi) is 3.12. The zero-order valence-corrected chi connectivity index (χ0v) is 9.78. The first-order valence-corrected chi connectivity index (χ1v) is 6.14. The molecule has 0 aromatic heterocycles. The average molecular weight is 242 g/mol. The van der Waals surface area contributed by atoms with Crippen molar-refractivity contribution in [2.24, 2.45) is 5.41 Å². The molecule has 1 aliphatic heterocycles. The number of hydrogen-bond acceptors (Lipinski definition) is 4. The molecule has 0 unspecified atom stereocenters. The van der Waals surface area contributed by atoms with Gasteiger partial charge in [-0.3, -0.25) is 9.59 Å². The normalized spacial score (nSPS) is 37.1. The molecule has 17 heavy (non-hydrogen) atoms. The van der Waals surface area contributed by atoms with Crippen LogP contribution in [0.2, 0.25) is 0 Å². The van der Waals surface area contributed by atoms with E-state index in [1.807, 2.05) is 0 Å². The van der Waals surface area contributed by atoms with Crippen LogP contribution in [0, 0.1) is 5.41 Å². The van der Waals surface area contributed by atoms with Gasteiger partial charge < -0.3 is 14.9 Å². The first-order chi connectivity index (χ1) is 7.97. The van der Waals surface area contributed by atoms with Gasteiger partial charge in [0.15, 0.2) is 0 Å². The molecule has 1 saturated heterocycles. The van der Waals surface area contributed by atoms with E-state index in [1.54, 1.807) is 0 Å². The average Bonchev–Trinajstić information content (AvgIpc) is 2.26. The maximum absolute atomic E-state index is 11.3. The fourth-order valence-corrected chi connectivity index (χ4v) is 3.14. The number of carboxylic acids is 1. The lowest BCUT2D eigenvalue weighted by Crippen LogP contribution is -2.56. The van der Waals surface area contributed by atoms with Gasteiger partial charge in [0.25, 0.3) is 0 Å². The first kappa shape index (κ1) is 12.4. The SMILES string of the molecule is O=C(O)CC[C@]12CCCC[C@]1(O)OC(=O)CC2. The Morgan fingerprint density at radius 2 is 2.00 bits per heavy atom. The second kappa shape index (κ2) is 4.29. The van der Waals surface area contributed by atoms with Gasteiger partial charge in [0.2, 0.25) is 5.79 Å². The van der Waals surface area contributed by atoms with Crippen molar-refractivity contribution in [2.75, 3.05) is 0 Å². The van der Waals surface area contributed by atoms with Crippen molar-refractivity contribution < 1.29 is 24.5 Å². The fraction of sp³-hybridized carbons (Fsp3) is 0.833. The first-order valence-electron chi connectivity index (χ1n) is 6.14. The Hall–Kier alpha value is -1.10. The van der Waals surface area contributed by atoms with Gasteiger partial charge in [-0.25, -0.2) is 0 Å². The molecule has 0 aromatic rings. The number of carbonyl (C=O) groups excluding carboxylic acids is 1. The van der Waals surface area contributed by atoms with Gasteiger partial charge in [0.1, 0.15) is 0 Å². The molecule has 0 spiro atoms. The summed E-state index contributed by atoms with van der Waals surface area (Å²) in [5.74, 6) is -2.68. The van der Waals surface area contributed by atoms with E-state index in [9.17, 15) is 14.7 Å². The Morgan fingerprint density at radius 1 is 1.29 bits per heavy atom. The minimum Gasteiger partial charge on any atom is -0.481 e. The number of aliphatic hydroxyl groups is 1. The van der Waals surface area contributed by atoms with Crippen LogP contribution < -0.4 is 0 Å². The molecule has 5 nitrogen and oxygen atoms in total. The van der Waals surface area contributed by atoms with Crippen molar-refractivity contribution in [3.05, 3.63) is 0 Å². The monoisotopic (exact) mass is 242 g/mol. The van der Waals surface area contributed by atoms with Gasteiger partial charge in [0.05, 0.1) is 0 Å². The van der Waals surface area contributed by atoms with E-state index < -0.39 is 17.2 Å². The largest absolute Gasteiger partial charge is 0.481 e. The topological polar surface area (TPSA) is 83.8 Å². The van der Waals surface area contributed by atoms with E-state index in [2.05, 4.69) is 0 Å². The molecule has 0 aromatic carbocycles. The summed E-state index contributed by atoms with van der Waals surface area (Å²) in [4.78, 5) is 22.0. The van der Waals surface area contributed by atoms with E-state index in [4.69, 9.17) is 9.84 Å². The highest BCUT2D eigenvalue weighted by molar-refractivity contribution is 5.71. The molecule has 5 heteroatoms. The van der Waals surface area contributed by atoms with Crippen LogP contribution in [0.3, 0.4) is 0 Å². The molecular weight excluding hydrogens is 224 g/mol. The Labute approximate surface area is 99.8 Å². The van der Waals surface area contributed by atoms with E-state index in [0.29, 0.717) is 19.3 Å². The van der Waals surface area contributed by atoms with Crippen molar-refractivity contribution >= 4 is 11.9 Å². The third-order valence-corrected chi connectivity index (χ3v) is 4.16. The predicted molar refractivity (Wildman–Crippen MR) is 58.0 cm³/mol. The standard InChI is InChI=1S/C12H18O5/c13-9(14)3-7-11-5-1-2-6-12(11,16)17-10(15)4-8-11/h16H,1-8H2,(H,13,14)/t11-,12-/m0/s1. The van der Waals surface area contributed by atoms with E-state index in [0.717, 1.165) is 19.3 Å². The predicted octanol–water partition coefficient (Wildman–Crippen LogP) is 1.44. The van der Waals surface area contributed by atoms with Crippen LogP contribution in [0.1, 0.15) is 51.4 Å². The number of ether oxygens (including phenoxy) is 1. The Balaban J connectivity index is 2.19. The third-order valence-electron chi connectivity index (χ3n) is 4.16. The van der Waals surface area contributed by atoms with Crippen molar-refractivity contribution in [2.45, 2.75) is 57.2 Å². The van der Waals surface area contributed by atoms with Crippen molar-refractivity contribution in [3.63, 3.8) is 0 Å². The van der Waals surface area contributed by atoms with E-state index in [1.165, 1.54) is 0 Å². The molecule has 96 valence electrons. The van der Waals surface area contributed by atoms with Crippen molar-refractivity contribution in [1.29, 1.82) is 0 Å². The second-order valence-corrected chi connectivity index (χ2v) is 5.14. The lowest BCUT2D eigenvalue weighted by atomic mass is 9.63. The Morgan fingerprint density at radius 3 is 2.71 bits per heavy atom. The minimum absolute atomic E-state index is 0.0138. The lowest BCUT2D eigenvalue weighted by Gasteiger charge is -2.51. The molecule has 0 amide bonds. The summed E-state index contributed by atoms with van der Waals surface area (Å²) in [5.41, 5.74) is -0.544. The number of fused-ring (bicyclic) bond motifs is 1. The molecule has 2 rings (SSSR count). The van der Waals surface area contributed by atoms with Crippen LogP contribution in [0.25, 0.3) is 0 Å². The summed E-state index contributed by atoms with van der Waals surface area (Å²) in [6.07, 6.45) is 4.16. The summed E-state index contributed by atoms with van der Waals surface area (Å²) >= 11 is 0. The molecular formula is C12H18O5. The Bertz CT molecular complexity index is 340. The number of hydrogen-bond donors (Lipinski definition) is 2. The molecule has 2 aliphatic rings. The second-order valence-electron chi connectivity index (χ2n) is 5.14. The van der Waals surface area contributed by atoms with Gasteiger partial charge in [-0.15, -0.1) is 0 Å².